The summed E-state index contributed by atoms with van der Waals surface area (Å²) in [6, 6.07) is 1.60. The Balaban J connectivity index is 3.17. The molecule has 0 aliphatic rings. The van der Waals surface area contributed by atoms with Crippen LogP contribution in [-0.2, 0) is 0 Å². The molecule has 1 aromatic carbocycles. The summed E-state index contributed by atoms with van der Waals surface area (Å²) in [5, 5.41) is 42.3. The monoisotopic (exact) mass is 257 g/mol. The number of benzene rings is 1. The lowest BCUT2D eigenvalue weighted by atomic mass is 10.1. The van der Waals surface area contributed by atoms with Gasteiger partial charge in [0.2, 0.25) is 0 Å². The van der Waals surface area contributed by atoms with Crippen molar-refractivity contribution < 1.29 is 20.2 Å². The number of phenols is 2. The number of aliphatic hydroxyl groups is 1. The van der Waals surface area contributed by atoms with Crippen LogP contribution in [0.3, 0.4) is 0 Å². The molecule has 0 saturated carbocycles. The summed E-state index contributed by atoms with van der Waals surface area (Å²) in [4.78, 5) is 20.1. The molecule has 1 atom stereocenters. The van der Waals surface area contributed by atoms with Gasteiger partial charge in [-0.15, -0.1) is 4.91 Å². The molecule has 0 amide bonds. The topological polar surface area (TPSA) is 137 Å². The third-order valence-electron chi connectivity index (χ3n) is 2.26. The number of nitrogens with zero attached hydrogens (tertiary/aromatic N) is 3. The van der Waals surface area contributed by atoms with E-state index in [9.17, 15) is 25.2 Å². The number of hydrogen-bond donors (Lipinski definition) is 3. The van der Waals surface area contributed by atoms with Crippen molar-refractivity contribution in [3.63, 3.8) is 0 Å². The molecule has 9 nitrogen and oxygen atoms in total. The predicted molar refractivity (Wildman–Crippen MR) is 59.8 cm³/mol. The van der Waals surface area contributed by atoms with Gasteiger partial charge in [-0.25, -0.2) is 0 Å². The first-order valence-electron chi connectivity index (χ1n) is 4.79. The van der Waals surface area contributed by atoms with Gasteiger partial charge in [0.1, 0.15) is 6.10 Å². The summed E-state index contributed by atoms with van der Waals surface area (Å²) in [6.45, 7) is -0.283. The van der Waals surface area contributed by atoms with E-state index >= 15 is 0 Å². The van der Waals surface area contributed by atoms with Crippen LogP contribution in [-0.4, -0.2) is 38.8 Å². The molecule has 1 aromatic rings. The fourth-order valence-corrected chi connectivity index (χ4v) is 1.39. The highest BCUT2D eigenvalue weighted by Gasteiger charge is 2.24. The van der Waals surface area contributed by atoms with Gasteiger partial charge >= 0.3 is 0 Å². The number of nitro benzene ring substituents is 1. The van der Waals surface area contributed by atoms with Crippen molar-refractivity contribution in [1.82, 2.24) is 5.01 Å². The third kappa shape index (κ3) is 2.83. The number of nitroso groups, excluding NO2 is 1. The van der Waals surface area contributed by atoms with Gasteiger partial charge < -0.3 is 15.3 Å². The van der Waals surface area contributed by atoms with E-state index in [-0.39, 0.29) is 12.1 Å². The Morgan fingerprint density at radius 2 is 2.00 bits per heavy atom. The van der Waals surface area contributed by atoms with Crippen molar-refractivity contribution in [2.75, 3.05) is 13.6 Å². The maximum absolute atomic E-state index is 10.7. The standard InChI is InChI=1S/C9H11N3O6/c1-11(10-16)4-9(15)5-2-7(13)8(14)3-6(5)12(17)18/h2-3,9,13-15H,4H2,1H3. The van der Waals surface area contributed by atoms with Gasteiger partial charge in [-0.1, -0.05) is 0 Å². The molecule has 0 bridgehead atoms. The summed E-state index contributed by atoms with van der Waals surface area (Å²) >= 11 is 0. The molecule has 0 spiro atoms. The van der Waals surface area contributed by atoms with Gasteiger partial charge in [-0.05, 0) is 6.07 Å². The Morgan fingerprint density at radius 3 is 2.50 bits per heavy atom. The van der Waals surface area contributed by atoms with Crippen molar-refractivity contribution in [2.45, 2.75) is 6.10 Å². The van der Waals surface area contributed by atoms with E-state index in [0.717, 1.165) is 17.1 Å². The summed E-state index contributed by atoms with van der Waals surface area (Å²) in [6.07, 6.45) is -1.40. The lowest BCUT2D eigenvalue weighted by Gasteiger charge is -2.15. The van der Waals surface area contributed by atoms with Gasteiger partial charge in [0.15, 0.2) is 11.5 Å². The van der Waals surface area contributed by atoms with Crippen molar-refractivity contribution in [3.8, 4) is 11.5 Å². The van der Waals surface area contributed by atoms with E-state index in [2.05, 4.69) is 5.29 Å². The minimum atomic E-state index is -1.40. The van der Waals surface area contributed by atoms with Crippen LogP contribution in [0.2, 0.25) is 0 Å². The molecular formula is C9H11N3O6. The van der Waals surface area contributed by atoms with E-state index in [1.807, 2.05) is 0 Å². The van der Waals surface area contributed by atoms with Crippen LogP contribution in [0, 0.1) is 15.0 Å². The van der Waals surface area contributed by atoms with Gasteiger partial charge in [0, 0.05) is 7.05 Å². The van der Waals surface area contributed by atoms with Crippen molar-refractivity contribution >= 4 is 5.69 Å². The fourth-order valence-electron chi connectivity index (χ4n) is 1.39. The van der Waals surface area contributed by atoms with E-state index < -0.39 is 28.2 Å². The quantitative estimate of drug-likeness (QED) is 0.305. The van der Waals surface area contributed by atoms with Crippen LogP contribution >= 0.6 is 0 Å². The van der Waals surface area contributed by atoms with E-state index in [0.29, 0.717) is 0 Å². The highest BCUT2D eigenvalue weighted by atomic mass is 16.6. The number of phenolic OH excluding ortho intramolecular Hbond substituents is 2. The van der Waals surface area contributed by atoms with Crippen LogP contribution < -0.4 is 0 Å². The second-order valence-corrected chi connectivity index (χ2v) is 3.59. The van der Waals surface area contributed by atoms with Crippen LogP contribution in [0.4, 0.5) is 5.69 Å². The maximum atomic E-state index is 10.7. The van der Waals surface area contributed by atoms with Crippen LogP contribution in [0.15, 0.2) is 17.4 Å². The smallest absolute Gasteiger partial charge is 0.279 e. The molecule has 0 aromatic heterocycles. The molecular weight excluding hydrogens is 246 g/mol. The van der Waals surface area contributed by atoms with Crippen LogP contribution in [0.1, 0.15) is 11.7 Å². The lowest BCUT2D eigenvalue weighted by molar-refractivity contribution is -0.386. The fraction of sp³-hybridized carbons (Fsp3) is 0.333. The number of hydrogen-bond acceptors (Lipinski definition) is 7. The first-order valence-corrected chi connectivity index (χ1v) is 4.79. The molecule has 0 heterocycles. The zero-order valence-electron chi connectivity index (χ0n) is 9.35. The van der Waals surface area contributed by atoms with E-state index in [1.165, 1.54) is 7.05 Å². The average molecular weight is 257 g/mol. The van der Waals surface area contributed by atoms with Crippen LogP contribution in [0.5, 0.6) is 11.5 Å². The summed E-state index contributed by atoms with van der Waals surface area (Å²) in [5.41, 5.74) is -0.775. The van der Waals surface area contributed by atoms with Crippen molar-refractivity contribution in [1.29, 1.82) is 0 Å². The maximum Gasteiger partial charge on any atom is 0.279 e. The molecule has 0 fully saturated rings. The van der Waals surface area contributed by atoms with Gasteiger partial charge in [-0.2, -0.15) is 0 Å². The lowest BCUT2D eigenvalue weighted by Crippen LogP contribution is -2.19. The zero-order valence-corrected chi connectivity index (χ0v) is 9.35. The minimum absolute atomic E-state index is 0.217. The van der Waals surface area contributed by atoms with Crippen molar-refractivity contribution in [3.05, 3.63) is 32.7 Å². The largest absolute Gasteiger partial charge is 0.504 e. The minimum Gasteiger partial charge on any atom is -0.504 e. The molecule has 18 heavy (non-hydrogen) atoms. The number of aliphatic hydroxyl groups excluding tert-OH is 1. The second-order valence-electron chi connectivity index (χ2n) is 3.59. The summed E-state index contributed by atoms with van der Waals surface area (Å²) < 4.78 is 0. The Morgan fingerprint density at radius 1 is 1.44 bits per heavy atom. The molecule has 1 rings (SSSR count). The summed E-state index contributed by atoms with van der Waals surface area (Å²) in [5.74, 6) is -1.27. The van der Waals surface area contributed by atoms with Gasteiger partial charge in [0.25, 0.3) is 5.69 Å². The number of aromatic hydroxyl groups is 2. The Labute approximate surface area is 101 Å². The van der Waals surface area contributed by atoms with Gasteiger partial charge in [0.05, 0.1) is 28.4 Å². The Kier molecular flexibility index (Phi) is 4.00. The van der Waals surface area contributed by atoms with Crippen molar-refractivity contribution in [2.24, 2.45) is 5.29 Å². The normalized spacial score (nSPS) is 11.9. The van der Waals surface area contributed by atoms with E-state index in [4.69, 9.17) is 5.11 Å². The highest BCUT2D eigenvalue weighted by Crippen LogP contribution is 2.36. The molecule has 0 aliphatic heterocycles. The summed E-state index contributed by atoms with van der Waals surface area (Å²) in [7, 11) is 1.28. The Hall–Kier alpha value is -2.42. The molecule has 0 radical (unpaired) electrons. The van der Waals surface area contributed by atoms with E-state index in [1.54, 1.807) is 0 Å². The first kappa shape index (κ1) is 13.6. The molecule has 9 heteroatoms. The Bertz CT molecular complexity index is 478. The highest BCUT2D eigenvalue weighted by molar-refractivity contribution is 5.53. The third-order valence-corrected chi connectivity index (χ3v) is 2.26. The molecule has 0 aliphatic carbocycles. The molecule has 1 unspecified atom stereocenters. The SMILES string of the molecule is CN(CC(O)c1cc(O)c(O)cc1[N+](=O)[O-])N=O. The number of nitro groups is 1. The molecule has 0 saturated heterocycles. The van der Waals surface area contributed by atoms with Gasteiger partial charge in [-0.3, -0.25) is 15.1 Å². The zero-order chi connectivity index (χ0) is 13.9. The second kappa shape index (κ2) is 5.27. The van der Waals surface area contributed by atoms with Crippen LogP contribution in [0.25, 0.3) is 0 Å². The number of rotatable bonds is 5. The molecule has 98 valence electrons. The predicted octanol–water partition coefficient (Wildman–Crippen LogP) is 0.653. The number of likely N-dealkylation sites (N-methyl/N-ethyl adjacent to an activating group) is 1. The molecule has 3 N–H and O–H groups in total. The average Bonchev–Trinajstić information content (AvgIpc) is 2.31. The first-order chi connectivity index (χ1) is 8.36.